The zero-order chi connectivity index (χ0) is 17.0. The lowest BCUT2D eigenvalue weighted by atomic mass is 10.1. The first-order valence-electron chi connectivity index (χ1n) is 6.41. The van der Waals surface area contributed by atoms with E-state index in [1.54, 1.807) is 19.1 Å². The fourth-order valence-electron chi connectivity index (χ4n) is 1.74. The van der Waals surface area contributed by atoms with Crippen molar-refractivity contribution in [2.45, 2.75) is 13.2 Å². The Morgan fingerprint density at radius 2 is 1.91 bits per heavy atom. The number of nitrogens with one attached hydrogen (secondary N) is 2. The lowest BCUT2D eigenvalue weighted by molar-refractivity contribution is 0.110. The molecule has 0 bridgehead atoms. The topological polar surface area (TPSA) is 93.2 Å². The maximum atomic E-state index is 12.1. The third-order valence-electron chi connectivity index (χ3n) is 2.84. The second-order valence-electron chi connectivity index (χ2n) is 4.50. The van der Waals surface area contributed by atoms with Crippen LogP contribution in [0.15, 0.2) is 35.1 Å². The molecule has 0 saturated heterocycles. The number of halogens is 2. The lowest BCUT2D eigenvalue weighted by Gasteiger charge is -2.15. The van der Waals surface area contributed by atoms with Gasteiger partial charge in [-0.25, -0.2) is 9.97 Å². The lowest BCUT2D eigenvalue weighted by Crippen LogP contribution is -2.38. The Labute approximate surface area is 147 Å². The van der Waals surface area contributed by atoms with Crippen LogP contribution >= 0.6 is 27.5 Å². The van der Waals surface area contributed by atoms with Crippen LogP contribution in [0.1, 0.15) is 6.92 Å². The van der Waals surface area contributed by atoms with Gasteiger partial charge >= 0.3 is 10.2 Å². The van der Waals surface area contributed by atoms with Crippen molar-refractivity contribution >= 4 is 43.6 Å². The molecular weight excluding hydrogens is 408 g/mol. The normalized spacial score (nSPS) is 12.9. The van der Waals surface area contributed by atoms with Gasteiger partial charge in [-0.1, -0.05) is 39.7 Å². The highest BCUT2D eigenvalue weighted by atomic mass is 79.9. The molecule has 1 aromatic heterocycles. The van der Waals surface area contributed by atoms with Crippen molar-refractivity contribution < 1.29 is 13.2 Å². The number of anilines is 1. The minimum Gasteiger partial charge on any atom is -0.366 e. The van der Waals surface area contributed by atoms with Crippen molar-refractivity contribution in [2.75, 3.05) is 11.8 Å². The summed E-state index contributed by atoms with van der Waals surface area (Å²) < 4.78 is 34.6. The first kappa shape index (κ1) is 18.1. The predicted octanol–water partition coefficient (Wildman–Crippen LogP) is 2.80. The van der Waals surface area contributed by atoms with Gasteiger partial charge in [-0.05, 0) is 24.6 Å². The van der Waals surface area contributed by atoms with Gasteiger partial charge in [-0.3, -0.25) is 4.72 Å². The summed E-state index contributed by atoms with van der Waals surface area (Å²) in [6, 6.07) is 7.17. The van der Waals surface area contributed by atoms with E-state index in [-0.39, 0.29) is 11.0 Å². The monoisotopic (exact) mass is 420 g/mol. The first-order chi connectivity index (χ1) is 10.8. The summed E-state index contributed by atoms with van der Waals surface area (Å²) in [5.41, 5.74) is 1.06. The summed E-state index contributed by atoms with van der Waals surface area (Å²) >= 11 is 9.46. The molecule has 2 rings (SSSR count). The molecule has 2 N–H and O–H groups in total. The summed E-state index contributed by atoms with van der Waals surface area (Å²) in [7, 11) is -2.49. The second kappa shape index (κ2) is 7.54. The Bertz CT molecular complexity index is 786. The highest BCUT2D eigenvalue weighted by Gasteiger charge is 2.19. The van der Waals surface area contributed by atoms with Gasteiger partial charge < -0.3 is 4.74 Å². The molecule has 0 fully saturated rings. The van der Waals surface area contributed by atoms with E-state index in [9.17, 15) is 8.42 Å². The van der Waals surface area contributed by atoms with E-state index in [1.165, 1.54) is 13.4 Å². The van der Waals surface area contributed by atoms with Gasteiger partial charge in [0.15, 0.2) is 5.82 Å². The highest BCUT2D eigenvalue weighted by Crippen LogP contribution is 2.32. The Balaban J connectivity index is 2.40. The molecule has 7 nitrogen and oxygen atoms in total. The average molecular weight is 422 g/mol. The molecule has 10 heteroatoms. The Kier molecular flexibility index (Phi) is 5.93. The molecular formula is C13H14BrClN4O3S. The van der Waals surface area contributed by atoms with Crippen molar-refractivity contribution in [3.05, 3.63) is 40.2 Å². The van der Waals surface area contributed by atoms with Crippen molar-refractivity contribution in [2.24, 2.45) is 0 Å². The van der Waals surface area contributed by atoms with Gasteiger partial charge in [-0.15, -0.1) is 0 Å². The molecule has 1 atom stereocenters. The summed E-state index contributed by atoms with van der Waals surface area (Å²) in [5, 5.41) is 0.139. The van der Waals surface area contributed by atoms with Crippen LogP contribution in [0.3, 0.4) is 0 Å². The van der Waals surface area contributed by atoms with Crippen molar-refractivity contribution in [3.63, 3.8) is 0 Å². The zero-order valence-electron chi connectivity index (χ0n) is 12.2. The highest BCUT2D eigenvalue weighted by molar-refractivity contribution is 9.10. The van der Waals surface area contributed by atoms with Gasteiger partial charge in [0.25, 0.3) is 0 Å². The standard InChI is InChI=1S/C13H14BrClN4O3S/c1-8(22-2)18-23(20,21)19-13-11(12(15)16-7-17-13)9-3-5-10(14)6-4-9/h3-8,18H,1-2H3,(H,16,17,19). The first-order valence-corrected chi connectivity index (χ1v) is 9.07. The molecule has 0 aliphatic rings. The van der Waals surface area contributed by atoms with Gasteiger partial charge in [0.2, 0.25) is 0 Å². The van der Waals surface area contributed by atoms with E-state index in [1.807, 2.05) is 12.1 Å². The molecule has 0 aliphatic carbocycles. The predicted molar refractivity (Wildman–Crippen MR) is 92.3 cm³/mol. The van der Waals surface area contributed by atoms with E-state index in [0.29, 0.717) is 11.1 Å². The summed E-state index contributed by atoms with van der Waals surface area (Å²) in [6.07, 6.45) is 0.489. The van der Waals surface area contributed by atoms with Gasteiger partial charge in [0, 0.05) is 11.6 Å². The van der Waals surface area contributed by atoms with Crippen molar-refractivity contribution in [3.8, 4) is 11.1 Å². The number of methoxy groups -OCH3 is 1. The second-order valence-corrected chi connectivity index (χ2v) is 7.22. The fourth-order valence-corrected chi connectivity index (χ4v) is 3.25. The summed E-state index contributed by atoms with van der Waals surface area (Å²) in [5.74, 6) is 0.0723. The number of hydrogen-bond donors (Lipinski definition) is 2. The van der Waals surface area contributed by atoms with Crippen LogP contribution in [0.4, 0.5) is 5.82 Å². The molecule has 0 spiro atoms. The Morgan fingerprint density at radius 1 is 1.26 bits per heavy atom. The smallest absolute Gasteiger partial charge is 0.302 e. The van der Waals surface area contributed by atoms with Crippen LogP contribution in [-0.4, -0.2) is 31.7 Å². The number of hydrogen-bond acceptors (Lipinski definition) is 5. The maximum Gasteiger partial charge on any atom is 0.302 e. The average Bonchev–Trinajstić information content (AvgIpc) is 2.48. The SMILES string of the molecule is COC(C)NS(=O)(=O)Nc1ncnc(Cl)c1-c1ccc(Br)cc1. The fraction of sp³-hybridized carbons (Fsp3) is 0.231. The van der Waals surface area contributed by atoms with E-state index >= 15 is 0 Å². The maximum absolute atomic E-state index is 12.1. The van der Waals surface area contributed by atoms with E-state index in [0.717, 1.165) is 4.47 Å². The molecule has 0 saturated carbocycles. The minimum absolute atomic E-state index is 0.0723. The van der Waals surface area contributed by atoms with Gasteiger partial charge in [0.1, 0.15) is 17.7 Å². The largest absolute Gasteiger partial charge is 0.366 e. The molecule has 23 heavy (non-hydrogen) atoms. The Hall–Kier alpha value is -1.26. The number of rotatable bonds is 6. The molecule has 1 heterocycles. The zero-order valence-corrected chi connectivity index (χ0v) is 15.4. The van der Waals surface area contributed by atoms with E-state index in [2.05, 4.69) is 35.3 Å². The summed E-state index contributed by atoms with van der Waals surface area (Å²) in [4.78, 5) is 7.89. The molecule has 1 unspecified atom stereocenters. The third kappa shape index (κ3) is 4.85. The summed E-state index contributed by atoms with van der Waals surface area (Å²) in [6.45, 7) is 1.56. The van der Waals surface area contributed by atoms with Crippen LogP contribution in [-0.2, 0) is 14.9 Å². The number of ether oxygens (including phenoxy) is 1. The van der Waals surface area contributed by atoms with Crippen molar-refractivity contribution in [1.82, 2.24) is 14.7 Å². The molecule has 0 radical (unpaired) electrons. The number of nitrogens with zero attached hydrogens (tertiary/aromatic N) is 2. The van der Waals surface area contributed by atoms with Crippen LogP contribution < -0.4 is 9.44 Å². The molecule has 0 amide bonds. The van der Waals surface area contributed by atoms with E-state index in [4.69, 9.17) is 16.3 Å². The van der Waals surface area contributed by atoms with Gasteiger partial charge in [0.05, 0.1) is 5.56 Å². The number of benzene rings is 1. The molecule has 1 aromatic carbocycles. The quantitative estimate of drug-likeness (QED) is 0.552. The molecule has 2 aromatic rings. The minimum atomic E-state index is -3.88. The Morgan fingerprint density at radius 3 is 2.52 bits per heavy atom. The van der Waals surface area contributed by atoms with Crippen molar-refractivity contribution in [1.29, 1.82) is 0 Å². The third-order valence-corrected chi connectivity index (χ3v) is 4.76. The molecule has 0 aliphatic heterocycles. The van der Waals surface area contributed by atoms with Crippen LogP contribution in [0.25, 0.3) is 11.1 Å². The van der Waals surface area contributed by atoms with Crippen LogP contribution in [0.5, 0.6) is 0 Å². The molecule has 124 valence electrons. The van der Waals surface area contributed by atoms with Crippen LogP contribution in [0, 0.1) is 0 Å². The van der Waals surface area contributed by atoms with Gasteiger partial charge in [-0.2, -0.15) is 13.1 Å². The van der Waals surface area contributed by atoms with E-state index < -0.39 is 16.4 Å². The number of aromatic nitrogens is 2. The van der Waals surface area contributed by atoms with Crippen LogP contribution in [0.2, 0.25) is 5.15 Å².